The summed E-state index contributed by atoms with van der Waals surface area (Å²) in [7, 11) is 1.64. The number of nitrogens with zero attached hydrogens (tertiary/aromatic N) is 2. The Labute approximate surface area is 164 Å². The van der Waals surface area contributed by atoms with E-state index in [-0.39, 0.29) is 5.91 Å². The minimum Gasteiger partial charge on any atom is -0.495 e. The molecule has 0 atom stereocenters. The van der Waals surface area contributed by atoms with E-state index in [1.54, 1.807) is 19.4 Å². The molecule has 1 N–H and O–H groups in total. The Morgan fingerprint density at radius 3 is 2.64 bits per heavy atom. The van der Waals surface area contributed by atoms with Crippen LogP contribution in [0.25, 0.3) is 0 Å². The zero-order valence-electron chi connectivity index (χ0n) is 16.2. The number of likely N-dealkylation sites (tertiary alicyclic amines) is 1. The van der Waals surface area contributed by atoms with E-state index in [1.165, 1.54) is 0 Å². The number of amides is 1. The Hall–Kier alpha value is -2.64. The van der Waals surface area contributed by atoms with Crippen molar-refractivity contribution in [2.75, 3.05) is 38.7 Å². The van der Waals surface area contributed by atoms with Gasteiger partial charge >= 0.3 is 0 Å². The SMILES string of the molecule is COc1ccc(C)cc1Nc1ccnc(C(=O)N2CCC3(CC2)OCCO3)c1. The van der Waals surface area contributed by atoms with Crippen LogP contribution in [0.4, 0.5) is 11.4 Å². The highest BCUT2D eigenvalue weighted by Gasteiger charge is 2.41. The normalized spacial score (nSPS) is 18.3. The molecule has 1 amide bonds. The highest BCUT2D eigenvalue weighted by molar-refractivity contribution is 5.93. The minimum absolute atomic E-state index is 0.0762. The Bertz CT molecular complexity index is 854. The van der Waals surface area contributed by atoms with Crippen molar-refractivity contribution in [3.63, 3.8) is 0 Å². The number of rotatable bonds is 4. The summed E-state index contributed by atoms with van der Waals surface area (Å²) in [5.41, 5.74) is 3.17. The third-order valence-electron chi connectivity index (χ3n) is 5.24. The maximum absolute atomic E-state index is 12.9. The summed E-state index contributed by atoms with van der Waals surface area (Å²) >= 11 is 0. The minimum atomic E-state index is -0.491. The van der Waals surface area contributed by atoms with Gasteiger partial charge in [-0.05, 0) is 36.8 Å². The highest BCUT2D eigenvalue weighted by Crippen LogP contribution is 2.32. The lowest BCUT2D eigenvalue weighted by Gasteiger charge is -2.37. The predicted molar refractivity (Wildman–Crippen MR) is 105 cm³/mol. The van der Waals surface area contributed by atoms with E-state index in [0.29, 0.717) is 44.8 Å². The van der Waals surface area contributed by atoms with Crippen LogP contribution in [0.5, 0.6) is 5.75 Å². The number of methoxy groups -OCH3 is 1. The molecule has 2 fully saturated rings. The van der Waals surface area contributed by atoms with E-state index in [2.05, 4.69) is 10.3 Å². The van der Waals surface area contributed by atoms with Gasteiger partial charge in [-0.15, -0.1) is 0 Å². The Balaban J connectivity index is 1.46. The molecule has 7 heteroatoms. The molecule has 7 nitrogen and oxygen atoms in total. The summed E-state index contributed by atoms with van der Waals surface area (Å²) in [5.74, 6) is 0.177. The maximum atomic E-state index is 12.9. The number of hydrogen-bond donors (Lipinski definition) is 1. The number of carbonyl (C=O) groups excluding carboxylic acids is 1. The average molecular weight is 383 g/mol. The smallest absolute Gasteiger partial charge is 0.272 e. The number of aryl methyl sites for hydroxylation is 1. The van der Waals surface area contributed by atoms with Crippen LogP contribution in [0.2, 0.25) is 0 Å². The van der Waals surface area contributed by atoms with Crippen molar-refractivity contribution in [3.05, 3.63) is 47.8 Å². The van der Waals surface area contributed by atoms with Crippen LogP contribution < -0.4 is 10.1 Å². The van der Waals surface area contributed by atoms with Gasteiger partial charge in [0, 0.05) is 37.8 Å². The van der Waals surface area contributed by atoms with Crippen LogP contribution in [0.1, 0.15) is 28.9 Å². The number of ether oxygens (including phenoxy) is 3. The molecule has 2 aliphatic heterocycles. The van der Waals surface area contributed by atoms with Crippen molar-refractivity contribution in [3.8, 4) is 5.75 Å². The van der Waals surface area contributed by atoms with Crippen molar-refractivity contribution < 1.29 is 19.0 Å². The largest absolute Gasteiger partial charge is 0.495 e. The summed E-state index contributed by atoms with van der Waals surface area (Å²) in [4.78, 5) is 19.0. The first-order valence-electron chi connectivity index (χ1n) is 9.53. The van der Waals surface area contributed by atoms with Crippen LogP contribution in [-0.2, 0) is 9.47 Å². The zero-order chi connectivity index (χ0) is 19.6. The number of anilines is 2. The topological polar surface area (TPSA) is 72.9 Å². The van der Waals surface area contributed by atoms with Gasteiger partial charge in [0.25, 0.3) is 5.91 Å². The van der Waals surface area contributed by atoms with Gasteiger partial charge in [0.1, 0.15) is 11.4 Å². The van der Waals surface area contributed by atoms with E-state index in [0.717, 1.165) is 22.7 Å². The lowest BCUT2D eigenvalue weighted by Crippen LogP contribution is -2.47. The highest BCUT2D eigenvalue weighted by atomic mass is 16.7. The van der Waals surface area contributed by atoms with Gasteiger partial charge in [0.05, 0.1) is 26.0 Å². The first kappa shape index (κ1) is 18.7. The molecule has 28 heavy (non-hydrogen) atoms. The molecule has 2 aliphatic rings. The molecule has 1 aromatic carbocycles. The molecule has 1 spiro atoms. The second-order valence-electron chi connectivity index (χ2n) is 7.16. The van der Waals surface area contributed by atoms with Crippen molar-refractivity contribution in [1.29, 1.82) is 0 Å². The van der Waals surface area contributed by atoms with Crippen molar-refractivity contribution in [2.45, 2.75) is 25.6 Å². The quantitative estimate of drug-likeness (QED) is 0.875. The fourth-order valence-corrected chi connectivity index (χ4v) is 3.70. The predicted octanol–water partition coefficient (Wildman–Crippen LogP) is 3.12. The van der Waals surface area contributed by atoms with Gasteiger partial charge in [-0.2, -0.15) is 0 Å². The van der Waals surface area contributed by atoms with E-state index >= 15 is 0 Å². The second kappa shape index (κ2) is 7.77. The average Bonchev–Trinajstić information content (AvgIpc) is 3.16. The Kier molecular flexibility index (Phi) is 5.19. The third kappa shape index (κ3) is 3.81. The number of hydrogen-bond acceptors (Lipinski definition) is 6. The maximum Gasteiger partial charge on any atom is 0.272 e. The Morgan fingerprint density at radius 2 is 1.93 bits per heavy atom. The third-order valence-corrected chi connectivity index (χ3v) is 5.24. The lowest BCUT2D eigenvalue weighted by molar-refractivity contribution is -0.181. The molecule has 0 unspecified atom stereocenters. The van der Waals surface area contributed by atoms with Crippen LogP contribution in [0, 0.1) is 6.92 Å². The monoisotopic (exact) mass is 383 g/mol. The number of carbonyl (C=O) groups is 1. The van der Waals surface area contributed by atoms with Gasteiger partial charge in [-0.1, -0.05) is 6.07 Å². The van der Waals surface area contributed by atoms with E-state index in [4.69, 9.17) is 14.2 Å². The fraction of sp³-hybridized carbons (Fsp3) is 0.429. The molecular formula is C21H25N3O4. The number of aromatic nitrogens is 1. The van der Waals surface area contributed by atoms with Gasteiger partial charge < -0.3 is 24.4 Å². The number of piperidine rings is 1. The van der Waals surface area contributed by atoms with E-state index < -0.39 is 5.79 Å². The van der Waals surface area contributed by atoms with Crippen LogP contribution >= 0.6 is 0 Å². The number of pyridine rings is 1. The summed E-state index contributed by atoms with van der Waals surface area (Å²) < 4.78 is 16.9. The molecule has 2 saturated heterocycles. The van der Waals surface area contributed by atoms with Gasteiger partial charge in [0.2, 0.25) is 0 Å². The first-order valence-corrected chi connectivity index (χ1v) is 9.53. The second-order valence-corrected chi connectivity index (χ2v) is 7.16. The summed E-state index contributed by atoms with van der Waals surface area (Å²) in [6.45, 7) is 4.48. The summed E-state index contributed by atoms with van der Waals surface area (Å²) in [6, 6.07) is 9.53. The van der Waals surface area contributed by atoms with Gasteiger partial charge in [-0.25, -0.2) is 0 Å². The van der Waals surface area contributed by atoms with Gasteiger partial charge in [0.15, 0.2) is 5.79 Å². The molecule has 0 bridgehead atoms. The summed E-state index contributed by atoms with van der Waals surface area (Å²) in [6.07, 6.45) is 3.03. The molecule has 0 aliphatic carbocycles. The van der Waals surface area contributed by atoms with Gasteiger partial charge in [-0.3, -0.25) is 9.78 Å². The molecule has 4 rings (SSSR count). The van der Waals surface area contributed by atoms with E-state index in [1.807, 2.05) is 36.1 Å². The first-order chi connectivity index (χ1) is 13.6. The number of benzene rings is 1. The molecule has 148 valence electrons. The van der Waals surface area contributed by atoms with Crippen LogP contribution in [0.3, 0.4) is 0 Å². The molecule has 0 radical (unpaired) electrons. The fourth-order valence-electron chi connectivity index (χ4n) is 3.70. The molecule has 0 saturated carbocycles. The molecule has 1 aromatic heterocycles. The van der Waals surface area contributed by atoms with E-state index in [9.17, 15) is 4.79 Å². The summed E-state index contributed by atoms with van der Waals surface area (Å²) in [5, 5.41) is 3.33. The molecule has 2 aromatic rings. The molecule has 3 heterocycles. The van der Waals surface area contributed by atoms with Crippen LogP contribution in [0.15, 0.2) is 36.5 Å². The number of nitrogens with one attached hydrogen (secondary N) is 1. The van der Waals surface area contributed by atoms with Crippen LogP contribution in [-0.4, -0.2) is 55.0 Å². The lowest BCUT2D eigenvalue weighted by atomic mass is 10.0. The van der Waals surface area contributed by atoms with Crippen molar-refractivity contribution in [1.82, 2.24) is 9.88 Å². The zero-order valence-corrected chi connectivity index (χ0v) is 16.2. The Morgan fingerprint density at radius 1 is 1.18 bits per heavy atom. The molecular weight excluding hydrogens is 358 g/mol. The van der Waals surface area contributed by atoms with Crippen molar-refractivity contribution in [2.24, 2.45) is 0 Å². The standard InChI is InChI=1S/C21H25N3O4/c1-15-3-4-19(26-2)17(13-15)23-16-5-8-22-18(14-16)20(25)24-9-6-21(7-10-24)27-11-12-28-21/h3-5,8,13-14H,6-7,9-12H2,1-2H3,(H,22,23). The van der Waals surface area contributed by atoms with Crippen molar-refractivity contribution >= 4 is 17.3 Å².